The summed E-state index contributed by atoms with van der Waals surface area (Å²) < 4.78 is 18.2. The van der Waals surface area contributed by atoms with Crippen LogP contribution < -0.4 is 5.73 Å². The summed E-state index contributed by atoms with van der Waals surface area (Å²) in [5.74, 6) is -0.332. The Hall–Kier alpha value is -1.46. The second-order valence-corrected chi connectivity index (χ2v) is 4.34. The van der Waals surface area contributed by atoms with Crippen molar-refractivity contribution in [3.05, 3.63) is 35.6 Å². The molecular formula is C14H21FN2O2. The van der Waals surface area contributed by atoms with Crippen LogP contribution in [0.4, 0.5) is 4.39 Å². The summed E-state index contributed by atoms with van der Waals surface area (Å²) in [6.45, 7) is 3.16. The molecule has 0 aliphatic rings. The molecule has 4 nitrogen and oxygen atoms in total. The smallest absolute Gasteiger partial charge is 0.225 e. The highest BCUT2D eigenvalue weighted by Crippen LogP contribution is 2.09. The zero-order chi connectivity index (χ0) is 14.3. The van der Waals surface area contributed by atoms with E-state index in [4.69, 9.17) is 10.5 Å². The largest absolute Gasteiger partial charge is 0.380 e. The monoisotopic (exact) mass is 268 g/mol. The second-order valence-electron chi connectivity index (χ2n) is 4.34. The first-order chi connectivity index (χ1) is 9.10. The fraction of sp³-hybridized carbons (Fsp3) is 0.500. The molecule has 1 atom stereocenters. The summed E-state index contributed by atoms with van der Waals surface area (Å²) in [6.07, 6.45) is -0.0232. The number of nitrogens with two attached hydrogens (primary N) is 1. The van der Waals surface area contributed by atoms with E-state index in [0.717, 1.165) is 5.56 Å². The predicted molar refractivity (Wildman–Crippen MR) is 72.0 cm³/mol. The minimum absolute atomic E-state index is 0.0379. The number of halogens is 1. The SMILES string of the molecule is CCN(Cc1cccc(F)c1)C(=O)CC(CN)OC. The van der Waals surface area contributed by atoms with Crippen LogP contribution in [0.15, 0.2) is 24.3 Å². The van der Waals surface area contributed by atoms with Gasteiger partial charge in [0.15, 0.2) is 0 Å². The molecule has 0 spiro atoms. The molecule has 1 aromatic carbocycles. The molecule has 2 N–H and O–H groups in total. The number of benzene rings is 1. The Morgan fingerprint density at radius 1 is 1.53 bits per heavy atom. The van der Waals surface area contributed by atoms with Crippen molar-refractivity contribution >= 4 is 5.91 Å². The number of ether oxygens (including phenoxy) is 1. The molecule has 0 aliphatic carbocycles. The number of carbonyl (C=O) groups excluding carboxylic acids is 1. The Labute approximate surface area is 113 Å². The van der Waals surface area contributed by atoms with Gasteiger partial charge in [-0.05, 0) is 24.6 Å². The Balaban J connectivity index is 2.64. The van der Waals surface area contributed by atoms with E-state index < -0.39 is 0 Å². The van der Waals surface area contributed by atoms with Crippen molar-refractivity contribution in [1.82, 2.24) is 4.90 Å². The van der Waals surface area contributed by atoms with Crippen molar-refractivity contribution in [2.75, 3.05) is 20.2 Å². The fourth-order valence-corrected chi connectivity index (χ4v) is 1.82. The molecule has 1 unspecified atom stereocenters. The number of amides is 1. The average Bonchev–Trinajstić information content (AvgIpc) is 2.41. The van der Waals surface area contributed by atoms with Crippen molar-refractivity contribution in [2.45, 2.75) is 26.0 Å². The number of rotatable bonds is 7. The standard InChI is InChI=1S/C14H21FN2O2/c1-3-17(14(18)8-13(9-16)19-2)10-11-5-4-6-12(15)7-11/h4-7,13H,3,8-10,16H2,1-2H3. The highest BCUT2D eigenvalue weighted by atomic mass is 19.1. The van der Waals surface area contributed by atoms with Crippen molar-refractivity contribution in [3.63, 3.8) is 0 Å². The van der Waals surface area contributed by atoms with E-state index in [1.807, 2.05) is 6.92 Å². The third-order valence-corrected chi connectivity index (χ3v) is 3.00. The molecule has 1 amide bonds. The summed E-state index contributed by atoms with van der Waals surface area (Å²) in [5.41, 5.74) is 6.28. The maximum absolute atomic E-state index is 13.1. The zero-order valence-electron chi connectivity index (χ0n) is 11.4. The molecule has 0 aromatic heterocycles. The van der Waals surface area contributed by atoms with Gasteiger partial charge in [-0.2, -0.15) is 0 Å². The fourth-order valence-electron chi connectivity index (χ4n) is 1.82. The van der Waals surface area contributed by atoms with Gasteiger partial charge in [-0.3, -0.25) is 4.79 Å². The Morgan fingerprint density at radius 2 is 2.26 bits per heavy atom. The lowest BCUT2D eigenvalue weighted by Crippen LogP contribution is -2.35. The normalized spacial score (nSPS) is 12.2. The average molecular weight is 268 g/mol. The number of hydrogen-bond donors (Lipinski definition) is 1. The highest BCUT2D eigenvalue weighted by molar-refractivity contribution is 5.76. The van der Waals surface area contributed by atoms with Crippen molar-refractivity contribution in [2.24, 2.45) is 5.73 Å². The van der Waals surface area contributed by atoms with E-state index >= 15 is 0 Å². The Kier molecular flexibility index (Phi) is 6.45. The van der Waals surface area contributed by atoms with Crippen molar-refractivity contribution in [1.29, 1.82) is 0 Å². The Bertz CT molecular complexity index is 408. The number of hydrogen-bond acceptors (Lipinski definition) is 3. The van der Waals surface area contributed by atoms with Gasteiger partial charge < -0.3 is 15.4 Å². The molecule has 106 valence electrons. The molecule has 0 bridgehead atoms. The van der Waals surface area contributed by atoms with Gasteiger partial charge in [0.1, 0.15) is 5.82 Å². The van der Waals surface area contributed by atoms with E-state index in [1.165, 1.54) is 19.2 Å². The molecule has 1 aromatic rings. The molecule has 0 aliphatic heterocycles. The van der Waals surface area contributed by atoms with Gasteiger partial charge in [0.25, 0.3) is 0 Å². The van der Waals surface area contributed by atoms with Gasteiger partial charge in [0.05, 0.1) is 12.5 Å². The predicted octanol–water partition coefficient (Wildman–Crippen LogP) is 1.54. The molecular weight excluding hydrogens is 247 g/mol. The summed E-state index contributed by atoms with van der Waals surface area (Å²) in [5, 5.41) is 0. The van der Waals surface area contributed by atoms with Crippen molar-refractivity contribution < 1.29 is 13.9 Å². The number of methoxy groups -OCH3 is 1. The summed E-state index contributed by atoms with van der Waals surface area (Å²) in [6, 6.07) is 6.26. The Morgan fingerprint density at radius 3 is 2.79 bits per heavy atom. The maximum atomic E-state index is 13.1. The lowest BCUT2D eigenvalue weighted by Gasteiger charge is -2.23. The van der Waals surface area contributed by atoms with Gasteiger partial charge in [-0.25, -0.2) is 4.39 Å². The van der Waals surface area contributed by atoms with E-state index in [2.05, 4.69) is 0 Å². The minimum Gasteiger partial charge on any atom is -0.380 e. The lowest BCUT2D eigenvalue weighted by molar-refractivity contribution is -0.134. The van der Waals surface area contributed by atoms with Gasteiger partial charge >= 0.3 is 0 Å². The van der Waals surface area contributed by atoms with Crippen LogP contribution in [0, 0.1) is 5.82 Å². The van der Waals surface area contributed by atoms with Crippen molar-refractivity contribution in [3.8, 4) is 0 Å². The minimum atomic E-state index is -0.294. The van der Waals surface area contributed by atoms with Crippen LogP contribution in [0.25, 0.3) is 0 Å². The molecule has 1 rings (SSSR count). The highest BCUT2D eigenvalue weighted by Gasteiger charge is 2.17. The van der Waals surface area contributed by atoms with Crippen LogP contribution in [-0.4, -0.2) is 37.1 Å². The van der Waals surface area contributed by atoms with E-state index in [-0.39, 0.29) is 24.2 Å². The van der Waals surface area contributed by atoms with E-state index in [1.54, 1.807) is 17.0 Å². The topological polar surface area (TPSA) is 55.6 Å². The lowest BCUT2D eigenvalue weighted by atomic mass is 10.1. The first-order valence-corrected chi connectivity index (χ1v) is 6.35. The number of carbonyl (C=O) groups is 1. The first-order valence-electron chi connectivity index (χ1n) is 6.35. The molecule has 0 saturated carbocycles. The molecule has 5 heteroatoms. The van der Waals surface area contributed by atoms with E-state index in [0.29, 0.717) is 19.6 Å². The van der Waals surface area contributed by atoms with Gasteiger partial charge in [-0.1, -0.05) is 12.1 Å². The molecule has 19 heavy (non-hydrogen) atoms. The quantitative estimate of drug-likeness (QED) is 0.816. The molecule has 0 fully saturated rings. The van der Waals surface area contributed by atoms with Crippen LogP contribution in [-0.2, 0) is 16.1 Å². The third-order valence-electron chi connectivity index (χ3n) is 3.00. The molecule has 0 saturated heterocycles. The summed E-state index contributed by atoms with van der Waals surface area (Å²) in [4.78, 5) is 13.8. The van der Waals surface area contributed by atoms with Gasteiger partial charge in [0, 0.05) is 26.7 Å². The first kappa shape index (κ1) is 15.6. The van der Waals surface area contributed by atoms with Gasteiger partial charge in [0.2, 0.25) is 5.91 Å². The van der Waals surface area contributed by atoms with Crippen LogP contribution in [0.2, 0.25) is 0 Å². The third kappa shape index (κ3) is 4.96. The van der Waals surface area contributed by atoms with Crippen LogP contribution in [0.5, 0.6) is 0 Å². The molecule has 0 heterocycles. The van der Waals surface area contributed by atoms with Crippen LogP contribution in [0.3, 0.4) is 0 Å². The van der Waals surface area contributed by atoms with Crippen LogP contribution >= 0.6 is 0 Å². The number of nitrogens with zero attached hydrogens (tertiary/aromatic N) is 1. The summed E-state index contributed by atoms with van der Waals surface area (Å²) in [7, 11) is 1.54. The maximum Gasteiger partial charge on any atom is 0.225 e. The summed E-state index contributed by atoms with van der Waals surface area (Å²) >= 11 is 0. The van der Waals surface area contributed by atoms with Gasteiger partial charge in [-0.15, -0.1) is 0 Å². The zero-order valence-corrected chi connectivity index (χ0v) is 11.4. The second kappa shape index (κ2) is 7.86. The van der Waals surface area contributed by atoms with Crippen LogP contribution in [0.1, 0.15) is 18.9 Å². The molecule has 0 radical (unpaired) electrons. The van der Waals surface area contributed by atoms with E-state index in [9.17, 15) is 9.18 Å².